The van der Waals surface area contributed by atoms with Crippen LogP contribution in [0.1, 0.15) is 18.9 Å². The number of anilines is 2. The highest BCUT2D eigenvalue weighted by molar-refractivity contribution is 8.00. The van der Waals surface area contributed by atoms with Crippen molar-refractivity contribution in [1.82, 2.24) is 10.3 Å². The summed E-state index contributed by atoms with van der Waals surface area (Å²) in [7, 11) is 0. The molecule has 6 nitrogen and oxygen atoms in total. The van der Waals surface area contributed by atoms with Crippen LogP contribution in [0.25, 0.3) is 0 Å². The molecule has 148 valence electrons. The van der Waals surface area contributed by atoms with Gasteiger partial charge in [-0.2, -0.15) is 0 Å². The molecular weight excluding hydrogens is 372 g/mol. The topological polar surface area (TPSA) is 65.5 Å². The number of fused-ring (bicyclic) bond motifs is 1. The van der Waals surface area contributed by atoms with Gasteiger partial charge in [-0.3, -0.25) is 14.5 Å². The number of thioether (sulfide) groups is 1. The molecule has 2 heterocycles. The summed E-state index contributed by atoms with van der Waals surface area (Å²) in [5.74, 6) is 0.116. The summed E-state index contributed by atoms with van der Waals surface area (Å²) in [6.07, 6.45) is 2.54. The highest BCUT2D eigenvalue weighted by Gasteiger charge is 2.26. The number of amides is 2. The zero-order valence-electron chi connectivity index (χ0n) is 16.4. The van der Waals surface area contributed by atoms with Crippen molar-refractivity contribution in [1.29, 1.82) is 0 Å². The molecule has 1 aromatic heterocycles. The summed E-state index contributed by atoms with van der Waals surface area (Å²) in [4.78, 5) is 32.7. The summed E-state index contributed by atoms with van der Waals surface area (Å²) in [6, 6.07) is 12.1. The van der Waals surface area contributed by atoms with Gasteiger partial charge in [0, 0.05) is 31.5 Å². The number of pyridine rings is 1. The number of nitrogens with one attached hydrogen (secondary N) is 1. The minimum absolute atomic E-state index is 0.0352. The number of benzene rings is 1. The molecule has 0 spiro atoms. The summed E-state index contributed by atoms with van der Waals surface area (Å²) in [5, 5.41) is 3.73. The van der Waals surface area contributed by atoms with Gasteiger partial charge in [-0.25, -0.2) is 4.98 Å². The van der Waals surface area contributed by atoms with Crippen molar-refractivity contribution in [3.63, 3.8) is 0 Å². The molecule has 0 saturated carbocycles. The van der Waals surface area contributed by atoms with Crippen LogP contribution in [0.2, 0.25) is 0 Å². The van der Waals surface area contributed by atoms with Gasteiger partial charge < -0.3 is 10.2 Å². The number of carbonyl (C=O) groups excluding carboxylic acids is 2. The third kappa shape index (κ3) is 5.04. The maximum atomic E-state index is 12.3. The molecular formula is C21H26N4O2S. The minimum atomic E-state index is -0.145. The Morgan fingerprint density at radius 2 is 2.18 bits per heavy atom. The third-order valence-electron chi connectivity index (χ3n) is 4.65. The predicted molar refractivity (Wildman–Crippen MR) is 114 cm³/mol. The van der Waals surface area contributed by atoms with Crippen molar-refractivity contribution in [2.75, 3.05) is 41.7 Å². The zero-order valence-corrected chi connectivity index (χ0v) is 17.2. The molecule has 0 radical (unpaired) electrons. The number of aromatic nitrogens is 1. The van der Waals surface area contributed by atoms with Gasteiger partial charge >= 0.3 is 0 Å². The summed E-state index contributed by atoms with van der Waals surface area (Å²) in [6.45, 7) is 6.62. The van der Waals surface area contributed by atoms with Gasteiger partial charge in [-0.1, -0.05) is 23.9 Å². The molecule has 0 unspecified atom stereocenters. The highest BCUT2D eigenvalue weighted by Crippen LogP contribution is 2.32. The lowest BCUT2D eigenvalue weighted by Crippen LogP contribution is -2.43. The maximum absolute atomic E-state index is 12.3. The second-order valence-electron chi connectivity index (χ2n) is 6.72. The Bertz CT molecular complexity index is 843. The average Bonchev–Trinajstić information content (AvgIpc) is 2.70. The van der Waals surface area contributed by atoms with Crippen LogP contribution in [0.15, 0.2) is 47.6 Å². The number of hydrogen-bond acceptors (Lipinski definition) is 5. The van der Waals surface area contributed by atoms with Gasteiger partial charge in [0.1, 0.15) is 11.6 Å². The molecule has 1 aromatic carbocycles. The van der Waals surface area contributed by atoms with Crippen molar-refractivity contribution < 1.29 is 9.59 Å². The Morgan fingerprint density at radius 1 is 1.32 bits per heavy atom. The summed E-state index contributed by atoms with van der Waals surface area (Å²) in [5.41, 5.74) is 3.16. The number of nitrogens with zero attached hydrogens (tertiary/aromatic N) is 3. The van der Waals surface area contributed by atoms with E-state index in [0.717, 1.165) is 30.2 Å². The Labute approximate surface area is 170 Å². The van der Waals surface area contributed by atoms with E-state index >= 15 is 0 Å². The second-order valence-corrected chi connectivity index (χ2v) is 7.68. The number of carbonyl (C=O) groups is 2. The van der Waals surface area contributed by atoms with Crippen LogP contribution in [-0.4, -0.2) is 48.7 Å². The molecule has 2 aromatic rings. The number of rotatable bonds is 8. The van der Waals surface area contributed by atoms with Crippen LogP contribution >= 0.6 is 11.8 Å². The van der Waals surface area contributed by atoms with Crippen LogP contribution in [0.4, 0.5) is 11.4 Å². The van der Waals surface area contributed by atoms with Gasteiger partial charge in [0.25, 0.3) is 0 Å². The van der Waals surface area contributed by atoms with E-state index in [9.17, 15) is 9.59 Å². The molecule has 1 N–H and O–H groups in total. The van der Waals surface area contributed by atoms with E-state index in [1.165, 1.54) is 27.9 Å². The van der Waals surface area contributed by atoms with E-state index in [0.29, 0.717) is 12.3 Å². The van der Waals surface area contributed by atoms with Gasteiger partial charge in [0.05, 0.1) is 11.4 Å². The molecule has 1 aliphatic heterocycles. The molecule has 0 atom stereocenters. The maximum Gasteiger partial charge on any atom is 0.240 e. The Kier molecular flexibility index (Phi) is 6.92. The number of hydrogen-bond donors (Lipinski definition) is 1. The lowest BCUT2D eigenvalue weighted by atomic mass is 10.2. The first kappa shape index (κ1) is 20.2. The molecule has 7 heteroatoms. The average molecular weight is 399 g/mol. The van der Waals surface area contributed by atoms with Crippen LogP contribution in [0.3, 0.4) is 0 Å². The fourth-order valence-electron chi connectivity index (χ4n) is 3.21. The zero-order chi connectivity index (χ0) is 19.9. The van der Waals surface area contributed by atoms with Gasteiger partial charge in [-0.15, -0.1) is 0 Å². The van der Waals surface area contributed by atoms with Crippen molar-refractivity contribution in [3.05, 3.63) is 48.2 Å². The summed E-state index contributed by atoms with van der Waals surface area (Å²) >= 11 is 1.41. The van der Waals surface area contributed by atoms with Crippen molar-refractivity contribution in [2.24, 2.45) is 0 Å². The van der Waals surface area contributed by atoms with Crippen molar-refractivity contribution >= 4 is 35.0 Å². The third-order valence-corrected chi connectivity index (χ3v) is 5.63. The SMILES string of the molecule is CCN(CCCNC(=O)CN1C(=O)CSc2ncccc21)c1cccc(C)c1. The lowest BCUT2D eigenvalue weighted by molar-refractivity contribution is -0.123. The van der Waals surface area contributed by atoms with Crippen molar-refractivity contribution in [3.8, 4) is 0 Å². The molecule has 0 fully saturated rings. The standard InChI is InChI=1S/C21H26N4O2S/c1-3-24(17-8-4-7-16(2)13-17)12-6-11-22-19(26)14-25-18-9-5-10-23-21(18)28-15-20(25)27/h4-5,7-10,13H,3,6,11-12,14-15H2,1-2H3,(H,22,26). The Hall–Kier alpha value is -2.54. The Balaban J connectivity index is 1.48. The van der Waals surface area contributed by atoms with E-state index < -0.39 is 0 Å². The first-order chi connectivity index (χ1) is 13.6. The van der Waals surface area contributed by atoms with E-state index in [1.807, 2.05) is 6.07 Å². The fourth-order valence-corrected chi connectivity index (χ4v) is 4.08. The van der Waals surface area contributed by atoms with Crippen molar-refractivity contribution in [2.45, 2.75) is 25.3 Å². The first-order valence-corrected chi connectivity index (χ1v) is 10.5. The fraction of sp³-hybridized carbons (Fsp3) is 0.381. The van der Waals surface area contributed by atoms with Crippen LogP contribution in [0.5, 0.6) is 0 Å². The molecule has 2 amide bonds. The lowest BCUT2D eigenvalue weighted by Gasteiger charge is -2.27. The normalized spacial score (nSPS) is 13.2. The molecule has 0 saturated heterocycles. The molecule has 3 rings (SSSR count). The predicted octanol–water partition coefficient (Wildman–Crippen LogP) is 2.86. The van der Waals surface area contributed by atoms with Gasteiger partial charge in [0.2, 0.25) is 11.8 Å². The van der Waals surface area contributed by atoms with Crippen LogP contribution in [-0.2, 0) is 9.59 Å². The van der Waals surface area contributed by atoms with E-state index in [1.54, 1.807) is 12.3 Å². The number of aryl methyl sites for hydroxylation is 1. The summed E-state index contributed by atoms with van der Waals surface area (Å²) < 4.78 is 0. The van der Waals surface area contributed by atoms with Gasteiger partial charge in [-0.05, 0) is 50.1 Å². The van der Waals surface area contributed by atoms with Crippen LogP contribution in [0, 0.1) is 6.92 Å². The van der Waals surface area contributed by atoms with Gasteiger partial charge in [0.15, 0.2) is 0 Å². The van der Waals surface area contributed by atoms with Crippen LogP contribution < -0.4 is 15.1 Å². The van der Waals surface area contributed by atoms with E-state index in [4.69, 9.17) is 0 Å². The van der Waals surface area contributed by atoms with E-state index in [2.05, 4.69) is 53.3 Å². The largest absolute Gasteiger partial charge is 0.372 e. The minimum Gasteiger partial charge on any atom is -0.372 e. The molecule has 1 aliphatic rings. The van der Waals surface area contributed by atoms with E-state index in [-0.39, 0.29) is 18.4 Å². The smallest absolute Gasteiger partial charge is 0.240 e. The molecule has 0 aliphatic carbocycles. The quantitative estimate of drug-likeness (QED) is 0.693. The second kappa shape index (κ2) is 9.59. The Morgan fingerprint density at radius 3 is 2.96 bits per heavy atom. The molecule has 28 heavy (non-hydrogen) atoms. The first-order valence-electron chi connectivity index (χ1n) is 9.55. The monoisotopic (exact) mass is 398 g/mol. The highest BCUT2D eigenvalue weighted by atomic mass is 32.2. The molecule has 0 bridgehead atoms.